The van der Waals surface area contributed by atoms with Crippen LogP contribution in [0.4, 0.5) is 14.5 Å². The number of carbonyl (C=O) groups excluding carboxylic acids is 1. The van der Waals surface area contributed by atoms with E-state index in [1.165, 1.54) is 7.11 Å². The molecule has 0 atom stereocenters. The van der Waals surface area contributed by atoms with Gasteiger partial charge in [0, 0.05) is 13.7 Å². The molecule has 0 saturated heterocycles. The van der Waals surface area contributed by atoms with Gasteiger partial charge in [0.15, 0.2) is 0 Å². The van der Waals surface area contributed by atoms with Crippen LogP contribution >= 0.6 is 0 Å². The smallest absolute Gasteiger partial charge is 0.308 e. The summed E-state index contributed by atoms with van der Waals surface area (Å²) < 4.78 is 36.7. The van der Waals surface area contributed by atoms with Crippen LogP contribution in [0.3, 0.4) is 0 Å². The van der Waals surface area contributed by atoms with Gasteiger partial charge >= 0.3 is 5.69 Å². The minimum Gasteiger partial charge on any atom is -0.382 e. The molecule has 0 aliphatic carbocycles. The van der Waals surface area contributed by atoms with Gasteiger partial charge < -0.3 is 14.8 Å². The Morgan fingerprint density at radius 1 is 1.33 bits per heavy atom. The largest absolute Gasteiger partial charge is 0.382 e. The topological polar surface area (TPSA) is 90.7 Å². The Morgan fingerprint density at radius 3 is 2.67 bits per heavy atom. The van der Waals surface area contributed by atoms with Crippen molar-refractivity contribution in [3.63, 3.8) is 0 Å². The molecule has 0 unspecified atom stereocenters. The van der Waals surface area contributed by atoms with Gasteiger partial charge in [0.25, 0.3) is 5.91 Å². The number of ether oxygens (including phenoxy) is 2. The maximum atomic E-state index is 13.7. The quantitative estimate of drug-likeness (QED) is 0.443. The molecular weight excluding hydrogens is 290 g/mol. The maximum Gasteiger partial charge on any atom is 0.308 e. The highest BCUT2D eigenvalue weighted by Crippen LogP contribution is 2.22. The van der Waals surface area contributed by atoms with Crippen molar-refractivity contribution in [1.82, 2.24) is 5.32 Å². The molecule has 1 aromatic carbocycles. The number of nitrogens with zero attached hydrogens (tertiary/aromatic N) is 1. The number of nitrogens with one attached hydrogen (secondary N) is 1. The average molecular weight is 304 g/mol. The van der Waals surface area contributed by atoms with Crippen molar-refractivity contribution in [3.8, 4) is 0 Å². The van der Waals surface area contributed by atoms with Gasteiger partial charge in [0.05, 0.1) is 36.4 Å². The minimum absolute atomic E-state index is 0.0479. The summed E-state index contributed by atoms with van der Waals surface area (Å²) in [6, 6.07) is 1.02. The molecule has 0 saturated carbocycles. The van der Waals surface area contributed by atoms with E-state index in [1.54, 1.807) is 0 Å². The maximum absolute atomic E-state index is 13.7. The second kappa shape index (κ2) is 8.22. The molecule has 116 valence electrons. The van der Waals surface area contributed by atoms with Crippen LogP contribution in [0.15, 0.2) is 12.1 Å². The number of carbonyl (C=O) groups is 1. The molecule has 0 radical (unpaired) electrons. The van der Waals surface area contributed by atoms with Gasteiger partial charge in [-0.25, -0.2) is 4.39 Å². The molecule has 1 amide bonds. The standard InChI is InChI=1S/C12H14F2N2O5/c1-20-4-5-21-3-2-15-12(17)9-6-8(13)7-10(11(9)14)16(18)19/h6-7H,2-5H2,1H3,(H,15,17). The van der Waals surface area contributed by atoms with E-state index < -0.39 is 33.7 Å². The van der Waals surface area contributed by atoms with Gasteiger partial charge in [-0.2, -0.15) is 4.39 Å². The van der Waals surface area contributed by atoms with E-state index in [-0.39, 0.29) is 13.2 Å². The fourth-order valence-electron chi connectivity index (χ4n) is 1.45. The summed E-state index contributed by atoms with van der Waals surface area (Å²) in [5, 5.41) is 12.8. The lowest BCUT2D eigenvalue weighted by molar-refractivity contribution is -0.387. The van der Waals surface area contributed by atoms with Crippen LogP contribution in [0, 0.1) is 21.7 Å². The van der Waals surface area contributed by atoms with Crippen LogP contribution in [-0.2, 0) is 9.47 Å². The van der Waals surface area contributed by atoms with E-state index in [2.05, 4.69) is 5.32 Å². The summed E-state index contributed by atoms with van der Waals surface area (Å²) >= 11 is 0. The summed E-state index contributed by atoms with van der Waals surface area (Å²) in [5.41, 5.74) is -1.81. The minimum atomic E-state index is -1.38. The number of rotatable bonds is 8. The molecule has 9 heteroatoms. The number of halogens is 2. The number of methoxy groups -OCH3 is 1. The zero-order valence-corrected chi connectivity index (χ0v) is 11.2. The second-order valence-corrected chi connectivity index (χ2v) is 3.90. The highest BCUT2D eigenvalue weighted by atomic mass is 19.1. The lowest BCUT2D eigenvalue weighted by Gasteiger charge is -2.07. The van der Waals surface area contributed by atoms with E-state index in [9.17, 15) is 23.7 Å². The molecule has 1 aromatic rings. The molecular formula is C12H14F2N2O5. The van der Waals surface area contributed by atoms with Crippen molar-refractivity contribution in [3.05, 3.63) is 39.4 Å². The Kier molecular flexibility index (Phi) is 6.63. The monoisotopic (exact) mass is 304 g/mol. The third kappa shape index (κ3) is 5.04. The fourth-order valence-corrected chi connectivity index (χ4v) is 1.45. The van der Waals surface area contributed by atoms with Crippen LogP contribution in [-0.4, -0.2) is 44.3 Å². The van der Waals surface area contributed by atoms with Gasteiger partial charge in [-0.15, -0.1) is 0 Å². The normalized spacial score (nSPS) is 10.4. The van der Waals surface area contributed by atoms with Crippen molar-refractivity contribution < 1.29 is 28.0 Å². The third-order valence-electron chi connectivity index (χ3n) is 2.42. The summed E-state index contributed by atoms with van der Waals surface area (Å²) in [6.45, 7) is 0.908. The van der Waals surface area contributed by atoms with E-state index >= 15 is 0 Å². The number of nitro benzene ring substituents is 1. The number of hydrogen-bond donors (Lipinski definition) is 1. The summed E-state index contributed by atoms with van der Waals surface area (Å²) in [4.78, 5) is 21.1. The molecule has 0 spiro atoms. The highest BCUT2D eigenvalue weighted by Gasteiger charge is 2.23. The predicted octanol–water partition coefficient (Wildman–Crippen LogP) is 1.27. The Bertz CT molecular complexity index is 525. The van der Waals surface area contributed by atoms with Crippen molar-refractivity contribution in [1.29, 1.82) is 0 Å². The average Bonchev–Trinajstić information content (AvgIpc) is 2.44. The molecule has 0 aliphatic heterocycles. The van der Waals surface area contributed by atoms with Crippen LogP contribution in [0.5, 0.6) is 0 Å². The van der Waals surface area contributed by atoms with Gasteiger partial charge in [0.2, 0.25) is 5.82 Å². The first-order valence-corrected chi connectivity index (χ1v) is 5.95. The van der Waals surface area contributed by atoms with Gasteiger partial charge in [0.1, 0.15) is 5.82 Å². The lowest BCUT2D eigenvalue weighted by atomic mass is 10.1. The van der Waals surface area contributed by atoms with Crippen molar-refractivity contribution in [2.24, 2.45) is 0 Å². The molecule has 1 N–H and O–H groups in total. The molecule has 21 heavy (non-hydrogen) atoms. The van der Waals surface area contributed by atoms with E-state index in [0.717, 1.165) is 0 Å². The number of benzene rings is 1. The van der Waals surface area contributed by atoms with Crippen molar-refractivity contribution >= 4 is 11.6 Å². The van der Waals surface area contributed by atoms with Crippen LogP contribution < -0.4 is 5.32 Å². The molecule has 0 bridgehead atoms. The van der Waals surface area contributed by atoms with E-state index in [1.807, 2.05) is 0 Å². The lowest BCUT2D eigenvalue weighted by Crippen LogP contribution is -2.28. The first-order valence-electron chi connectivity index (χ1n) is 5.95. The number of amides is 1. The number of nitro groups is 1. The predicted molar refractivity (Wildman–Crippen MR) is 68.0 cm³/mol. The first kappa shape index (κ1) is 16.9. The molecule has 0 heterocycles. The van der Waals surface area contributed by atoms with Crippen molar-refractivity contribution in [2.45, 2.75) is 0 Å². The van der Waals surface area contributed by atoms with Crippen LogP contribution in [0.1, 0.15) is 10.4 Å². The zero-order valence-electron chi connectivity index (χ0n) is 11.2. The van der Waals surface area contributed by atoms with E-state index in [4.69, 9.17) is 9.47 Å². The molecule has 0 aromatic heterocycles. The van der Waals surface area contributed by atoms with Gasteiger partial charge in [-0.05, 0) is 6.07 Å². The Labute approximate surface area is 119 Å². The van der Waals surface area contributed by atoms with Crippen LogP contribution in [0.2, 0.25) is 0 Å². The second-order valence-electron chi connectivity index (χ2n) is 3.90. The SMILES string of the molecule is COCCOCCNC(=O)c1cc(F)cc([N+](=O)[O-])c1F. The summed E-state index contributed by atoms with van der Waals surface area (Å²) in [6.07, 6.45) is 0. The molecule has 0 fully saturated rings. The Morgan fingerprint density at radius 2 is 2.05 bits per heavy atom. The highest BCUT2D eigenvalue weighted by molar-refractivity contribution is 5.95. The van der Waals surface area contributed by atoms with Crippen LogP contribution in [0.25, 0.3) is 0 Å². The molecule has 7 nitrogen and oxygen atoms in total. The first-order chi connectivity index (χ1) is 9.97. The number of hydrogen-bond acceptors (Lipinski definition) is 5. The van der Waals surface area contributed by atoms with Gasteiger partial charge in [-0.3, -0.25) is 14.9 Å². The zero-order chi connectivity index (χ0) is 15.8. The molecule has 0 aliphatic rings. The Hall–Kier alpha value is -2.13. The van der Waals surface area contributed by atoms with E-state index in [0.29, 0.717) is 25.3 Å². The fraction of sp³-hybridized carbons (Fsp3) is 0.417. The third-order valence-corrected chi connectivity index (χ3v) is 2.42. The summed E-state index contributed by atoms with van der Waals surface area (Å²) in [5.74, 6) is -3.39. The summed E-state index contributed by atoms with van der Waals surface area (Å²) in [7, 11) is 1.50. The van der Waals surface area contributed by atoms with Crippen molar-refractivity contribution in [2.75, 3.05) is 33.5 Å². The Balaban J connectivity index is 2.64. The van der Waals surface area contributed by atoms with Gasteiger partial charge in [-0.1, -0.05) is 0 Å². The molecule has 1 rings (SSSR count).